The van der Waals surface area contributed by atoms with Crippen molar-refractivity contribution in [1.29, 1.82) is 0 Å². The molecule has 3 unspecified atom stereocenters. The Morgan fingerprint density at radius 1 is 1.41 bits per heavy atom. The van der Waals surface area contributed by atoms with Crippen LogP contribution >= 0.6 is 0 Å². The minimum atomic E-state index is -0.0382. The molecule has 4 heteroatoms. The van der Waals surface area contributed by atoms with Gasteiger partial charge in [-0.25, -0.2) is 0 Å². The van der Waals surface area contributed by atoms with Crippen molar-refractivity contribution >= 4 is 5.91 Å². The van der Waals surface area contributed by atoms with E-state index in [-0.39, 0.29) is 18.0 Å². The van der Waals surface area contributed by atoms with Crippen molar-refractivity contribution < 1.29 is 4.79 Å². The number of hydrogen-bond acceptors (Lipinski definition) is 3. The Morgan fingerprint density at radius 2 is 2.00 bits per heavy atom. The van der Waals surface area contributed by atoms with Crippen LogP contribution in [0.4, 0.5) is 0 Å². The molecule has 17 heavy (non-hydrogen) atoms. The van der Waals surface area contributed by atoms with E-state index in [9.17, 15) is 4.79 Å². The SMILES string of the molecule is CCN(CC)C(=O)C(C)N1CC(C)CC(N)C1. The number of hydrogen-bond donors (Lipinski definition) is 1. The Balaban J connectivity index is 2.62. The third kappa shape index (κ3) is 3.68. The molecule has 0 aliphatic carbocycles. The molecule has 100 valence electrons. The van der Waals surface area contributed by atoms with Crippen LogP contribution in [0.5, 0.6) is 0 Å². The number of amides is 1. The summed E-state index contributed by atoms with van der Waals surface area (Å²) in [5, 5.41) is 0. The molecule has 2 N–H and O–H groups in total. The lowest BCUT2D eigenvalue weighted by Crippen LogP contribution is -2.54. The molecule has 0 saturated carbocycles. The van der Waals surface area contributed by atoms with Gasteiger partial charge < -0.3 is 10.6 Å². The standard InChI is InChI=1S/C13H27N3O/c1-5-15(6-2)13(17)11(4)16-8-10(3)7-12(14)9-16/h10-12H,5-9,14H2,1-4H3. The number of likely N-dealkylation sites (N-methyl/N-ethyl adjacent to an activating group) is 1. The van der Waals surface area contributed by atoms with Gasteiger partial charge in [0.15, 0.2) is 0 Å². The number of carbonyl (C=O) groups excluding carboxylic acids is 1. The molecule has 1 saturated heterocycles. The summed E-state index contributed by atoms with van der Waals surface area (Å²) in [7, 11) is 0. The van der Waals surface area contributed by atoms with E-state index in [1.807, 2.05) is 25.7 Å². The van der Waals surface area contributed by atoms with Crippen molar-refractivity contribution in [3.63, 3.8) is 0 Å². The maximum atomic E-state index is 12.3. The maximum Gasteiger partial charge on any atom is 0.239 e. The number of nitrogens with two attached hydrogens (primary N) is 1. The van der Waals surface area contributed by atoms with Crippen LogP contribution in [0, 0.1) is 5.92 Å². The average Bonchev–Trinajstić information content (AvgIpc) is 2.28. The summed E-state index contributed by atoms with van der Waals surface area (Å²) < 4.78 is 0. The second kappa shape index (κ2) is 6.36. The van der Waals surface area contributed by atoms with Crippen molar-refractivity contribution in [2.24, 2.45) is 11.7 Å². The van der Waals surface area contributed by atoms with E-state index < -0.39 is 0 Å². The van der Waals surface area contributed by atoms with Gasteiger partial charge in [0.25, 0.3) is 0 Å². The van der Waals surface area contributed by atoms with E-state index in [1.54, 1.807) is 0 Å². The molecular weight excluding hydrogens is 214 g/mol. The van der Waals surface area contributed by atoms with Crippen molar-refractivity contribution in [2.75, 3.05) is 26.2 Å². The highest BCUT2D eigenvalue weighted by molar-refractivity contribution is 5.81. The quantitative estimate of drug-likeness (QED) is 0.796. The summed E-state index contributed by atoms with van der Waals surface area (Å²) in [4.78, 5) is 16.4. The third-order valence-electron chi connectivity index (χ3n) is 3.70. The lowest BCUT2D eigenvalue weighted by molar-refractivity contribution is -0.136. The van der Waals surface area contributed by atoms with Crippen LogP contribution in [0.25, 0.3) is 0 Å². The lowest BCUT2D eigenvalue weighted by Gasteiger charge is -2.39. The van der Waals surface area contributed by atoms with E-state index in [0.717, 1.165) is 32.6 Å². The van der Waals surface area contributed by atoms with Crippen LogP contribution in [-0.4, -0.2) is 54.0 Å². The predicted molar refractivity (Wildman–Crippen MR) is 70.7 cm³/mol. The van der Waals surface area contributed by atoms with Gasteiger partial charge in [-0.15, -0.1) is 0 Å². The largest absolute Gasteiger partial charge is 0.342 e. The van der Waals surface area contributed by atoms with Crippen molar-refractivity contribution in [3.8, 4) is 0 Å². The summed E-state index contributed by atoms with van der Waals surface area (Å²) in [6.45, 7) is 11.7. The van der Waals surface area contributed by atoms with Gasteiger partial charge in [-0.3, -0.25) is 9.69 Å². The molecule has 0 aromatic heterocycles. The Morgan fingerprint density at radius 3 is 2.47 bits per heavy atom. The zero-order valence-electron chi connectivity index (χ0n) is 11.6. The average molecular weight is 241 g/mol. The second-order valence-electron chi connectivity index (χ2n) is 5.24. The number of carbonyl (C=O) groups is 1. The minimum absolute atomic E-state index is 0.0382. The molecule has 0 aromatic rings. The van der Waals surface area contributed by atoms with Gasteiger partial charge in [0.2, 0.25) is 5.91 Å². The van der Waals surface area contributed by atoms with Gasteiger partial charge >= 0.3 is 0 Å². The van der Waals surface area contributed by atoms with Gasteiger partial charge in [-0.1, -0.05) is 6.92 Å². The van der Waals surface area contributed by atoms with E-state index >= 15 is 0 Å². The van der Waals surface area contributed by atoms with Crippen LogP contribution < -0.4 is 5.73 Å². The molecule has 0 radical (unpaired) electrons. The first-order valence-electron chi connectivity index (χ1n) is 6.77. The molecule has 1 aliphatic rings. The first-order valence-corrected chi connectivity index (χ1v) is 6.77. The molecule has 1 heterocycles. The summed E-state index contributed by atoms with van der Waals surface area (Å²) in [6, 6.07) is 0.175. The fourth-order valence-corrected chi connectivity index (χ4v) is 2.71. The normalized spacial score (nSPS) is 27.8. The summed E-state index contributed by atoms with van der Waals surface area (Å²) in [6.07, 6.45) is 1.07. The van der Waals surface area contributed by atoms with Crippen molar-refractivity contribution in [3.05, 3.63) is 0 Å². The highest BCUT2D eigenvalue weighted by Crippen LogP contribution is 2.18. The Hall–Kier alpha value is -0.610. The second-order valence-corrected chi connectivity index (χ2v) is 5.24. The van der Waals surface area contributed by atoms with Gasteiger partial charge in [-0.2, -0.15) is 0 Å². The first-order chi connectivity index (χ1) is 7.99. The zero-order chi connectivity index (χ0) is 13.0. The number of piperidine rings is 1. The summed E-state index contributed by atoms with van der Waals surface area (Å²) in [5.41, 5.74) is 6.03. The van der Waals surface area contributed by atoms with E-state index in [0.29, 0.717) is 5.92 Å². The minimum Gasteiger partial charge on any atom is -0.342 e. The summed E-state index contributed by atoms with van der Waals surface area (Å²) in [5.74, 6) is 0.821. The topological polar surface area (TPSA) is 49.6 Å². The Labute approximate surface area is 105 Å². The molecule has 0 aromatic carbocycles. The molecule has 1 fully saturated rings. The monoisotopic (exact) mass is 241 g/mol. The van der Waals surface area contributed by atoms with Gasteiger partial charge in [0, 0.05) is 32.2 Å². The van der Waals surface area contributed by atoms with E-state index in [4.69, 9.17) is 5.73 Å². The number of likely N-dealkylation sites (tertiary alicyclic amines) is 1. The smallest absolute Gasteiger partial charge is 0.239 e. The molecular formula is C13H27N3O. The van der Waals surface area contributed by atoms with Crippen LogP contribution in [0.1, 0.15) is 34.1 Å². The van der Waals surface area contributed by atoms with Gasteiger partial charge in [-0.05, 0) is 33.1 Å². The number of rotatable bonds is 4. The van der Waals surface area contributed by atoms with E-state index in [2.05, 4.69) is 11.8 Å². The molecule has 0 spiro atoms. The van der Waals surface area contributed by atoms with Crippen molar-refractivity contribution in [1.82, 2.24) is 9.80 Å². The maximum absolute atomic E-state index is 12.3. The lowest BCUT2D eigenvalue weighted by atomic mass is 9.95. The molecule has 3 atom stereocenters. The molecule has 1 rings (SSSR count). The van der Waals surface area contributed by atoms with Crippen LogP contribution in [0.3, 0.4) is 0 Å². The predicted octanol–water partition coefficient (Wildman–Crippen LogP) is 0.912. The molecule has 1 aliphatic heterocycles. The molecule has 1 amide bonds. The highest BCUT2D eigenvalue weighted by atomic mass is 16.2. The van der Waals surface area contributed by atoms with Crippen LogP contribution in [0.15, 0.2) is 0 Å². The Kier molecular flexibility index (Phi) is 5.40. The first kappa shape index (κ1) is 14.5. The fourth-order valence-electron chi connectivity index (χ4n) is 2.71. The van der Waals surface area contributed by atoms with Crippen LogP contribution in [-0.2, 0) is 4.79 Å². The Bertz CT molecular complexity index is 243. The third-order valence-corrected chi connectivity index (χ3v) is 3.70. The molecule has 4 nitrogen and oxygen atoms in total. The van der Waals surface area contributed by atoms with E-state index in [1.165, 1.54) is 0 Å². The highest BCUT2D eigenvalue weighted by Gasteiger charge is 2.30. The van der Waals surface area contributed by atoms with Gasteiger partial charge in [0.1, 0.15) is 0 Å². The summed E-state index contributed by atoms with van der Waals surface area (Å²) >= 11 is 0. The van der Waals surface area contributed by atoms with Gasteiger partial charge in [0.05, 0.1) is 6.04 Å². The van der Waals surface area contributed by atoms with Crippen LogP contribution in [0.2, 0.25) is 0 Å². The number of nitrogens with zero attached hydrogens (tertiary/aromatic N) is 2. The molecule has 0 bridgehead atoms. The fraction of sp³-hybridized carbons (Fsp3) is 0.923. The van der Waals surface area contributed by atoms with Crippen molar-refractivity contribution in [2.45, 2.75) is 46.2 Å². The zero-order valence-corrected chi connectivity index (χ0v) is 11.6.